The molecule has 2 aromatic heterocycles. The van der Waals surface area contributed by atoms with Gasteiger partial charge in [0.2, 0.25) is 0 Å². The van der Waals surface area contributed by atoms with Gasteiger partial charge in [0.25, 0.3) is 5.91 Å². The molecule has 0 bridgehead atoms. The van der Waals surface area contributed by atoms with Crippen molar-refractivity contribution in [2.75, 3.05) is 32.6 Å². The van der Waals surface area contributed by atoms with Crippen molar-refractivity contribution < 1.29 is 9.53 Å². The van der Waals surface area contributed by atoms with E-state index >= 15 is 0 Å². The lowest BCUT2D eigenvalue weighted by Gasteiger charge is -2.17. The van der Waals surface area contributed by atoms with Crippen LogP contribution >= 0.6 is 0 Å². The smallest absolute Gasteiger partial charge is 0.272 e. The van der Waals surface area contributed by atoms with Crippen LogP contribution in [0.3, 0.4) is 0 Å². The maximum absolute atomic E-state index is 12.6. The van der Waals surface area contributed by atoms with Crippen LogP contribution in [0, 0.1) is 0 Å². The standard InChI is InChI=1S/C23H26N4O2/c1-27(15-11-18-8-12-24-13-9-18)23(28)22-7-6-20(17-26-22)25-14-10-19-4-3-5-21(16-19)29-2/h3-9,12-13,16-17,25H,10-11,14-15H2,1-2H3. The number of benzene rings is 1. The van der Waals surface area contributed by atoms with Gasteiger partial charge in [0.15, 0.2) is 0 Å². The number of carbonyl (C=O) groups is 1. The number of carbonyl (C=O) groups excluding carboxylic acids is 1. The topological polar surface area (TPSA) is 67.3 Å². The molecule has 1 amide bonds. The van der Waals surface area contributed by atoms with Crippen LogP contribution in [-0.2, 0) is 12.8 Å². The van der Waals surface area contributed by atoms with Gasteiger partial charge in [0.05, 0.1) is 19.0 Å². The largest absolute Gasteiger partial charge is 0.497 e. The van der Waals surface area contributed by atoms with Crippen molar-refractivity contribution in [2.45, 2.75) is 12.8 Å². The van der Waals surface area contributed by atoms with Crippen LogP contribution in [0.2, 0.25) is 0 Å². The Labute approximate surface area is 171 Å². The molecule has 0 unspecified atom stereocenters. The van der Waals surface area contributed by atoms with Gasteiger partial charge in [-0.25, -0.2) is 4.98 Å². The highest BCUT2D eigenvalue weighted by atomic mass is 16.5. The lowest BCUT2D eigenvalue weighted by molar-refractivity contribution is 0.0791. The van der Waals surface area contributed by atoms with Crippen molar-refractivity contribution in [3.05, 3.63) is 83.9 Å². The van der Waals surface area contributed by atoms with E-state index < -0.39 is 0 Å². The molecule has 1 N–H and O–H groups in total. The summed E-state index contributed by atoms with van der Waals surface area (Å²) < 4.78 is 5.25. The van der Waals surface area contributed by atoms with Crippen molar-refractivity contribution in [3.63, 3.8) is 0 Å². The number of ether oxygens (including phenoxy) is 1. The highest BCUT2D eigenvalue weighted by Crippen LogP contribution is 2.14. The number of amides is 1. The van der Waals surface area contributed by atoms with Crippen molar-refractivity contribution in [1.82, 2.24) is 14.9 Å². The zero-order valence-electron chi connectivity index (χ0n) is 16.8. The number of nitrogens with one attached hydrogen (secondary N) is 1. The van der Waals surface area contributed by atoms with Crippen LogP contribution < -0.4 is 10.1 Å². The second-order valence-corrected chi connectivity index (χ2v) is 6.79. The fourth-order valence-corrected chi connectivity index (χ4v) is 2.95. The van der Waals surface area contributed by atoms with E-state index in [1.54, 1.807) is 43.7 Å². The Morgan fingerprint density at radius 2 is 1.90 bits per heavy atom. The van der Waals surface area contributed by atoms with Crippen LogP contribution in [0.25, 0.3) is 0 Å². The Morgan fingerprint density at radius 3 is 2.62 bits per heavy atom. The van der Waals surface area contributed by atoms with Gasteiger partial charge in [-0.3, -0.25) is 9.78 Å². The number of nitrogens with zero attached hydrogens (tertiary/aromatic N) is 3. The van der Waals surface area contributed by atoms with Crippen LogP contribution in [0.1, 0.15) is 21.6 Å². The van der Waals surface area contributed by atoms with E-state index in [1.165, 1.54) is 5.56 Å². The van der Waals surface area contributed by atoms with E-state index in [0.29, 0.717) is 12.2 Å². The number of anilines is 1. The molecule has 0 saturated carbocycles. The molecular formula is C23H26N4O2. The fourth-order valence-electron chi connectivity index (χ4n) is 2.95. The molecule has 0 fully saturated rings. The maximum Gasteiger partial charge on any atom is 0.272 e. The summed E-state index contributed by atoms with van der Waals surface area (Å²) in [7, 11) is 3.47. The Kier molecular flexibility index (Phi) is 7.16. The van der Waals surface area contributed by atoms with E-state index in [-0.39, 0.29) is 5.91 Å². The van der Waals surface area contributed by atoms with Gasteiger partial charge in [0, 0.05) is 32.5 Å². The molecule has 0 aliphatic heterocycles. The van der Waals surface area contributed by atoms with E-state index in [2.05, 4.69) is 21.4 Å². The van der Waals surface area contributed by atoms with E-state index in [4.69, 9.17) is 4.74 Å². The summed E-state index contributed by atoms with van der Waals surface area (Å²) in [6, 6.07) is 15.6. The summed E-state index contributed by atoms with van der Waals surface area (Å²) in [5.41, 5.74) is 3.69. The molecule has 2 heterocycles. The van der Waals surface area contributed by atoms with Crippen molar-refractivity contribution >= 4 is 11.6 Å². The lowest BCUT2D eigenvalue weighted by Crippen LogP contribution is -2.29. The first-order valence-corrected chi connectivity index (χ1v) is 9.63. The molecule has 0 radical (unpaired) electrons. The number of rotatable bonds is 9. The predicted octanol–water partition coefficient (Wildman–Crippen LogP) is 3.45. The molecule has 0 atom stereocenters. The van der Waals surface area contributed by atoms with Gasteiger partial charge in [-0.2, -0.15) is 0 Å². The molecule has 3 rings (SSSR count). The first kappa shape index (κ1) is 20.3. The number of aromatic nitrogens is 2. The number of hydrogen-bond acceptors (Lipinski definition) is 5. The minimum Gasteiger partial charge on any atom is -0.497 e. The first-order valence-electron chi connectivity index (χ1n) is 9.63. The molecule has 0 aliphatic rings. The molecule has 6 nitrogen and oxygen atoms in total. The fraction of sp³-hybridized carbons (Fsp3) is 0.261. The van der Waals surface area contributed by atoms with Crippen molar-refractivity contribution in [1.29, 1.82) is 0 Å². The van der Waals surface area contributed by atoms with Gasteiger partial charge in [-0.1, -0.05) is 12.1 Å². The molecule has 0 aliphatic carbocycles. The molecule has 150 valence electrons. The minimum atomic E-state index is -0.0815. The molecule has 0 spiro atoms. The van der Waals surface area contributed by atoms with Gasteiger partial charge < -0.3 is 15.0 Å². The quantitative estimate of drug-likeness (QED) is 0.606. The first-order chi connectivity index (χ1) is 14.2. The molecule has 3 aromatic rings. The Hall–Kier alpha value is -3.41. The normalized spacial score (nSPS) is 10.4. The van der Waals surface area contributed by atoms with Gasteiger partial charge in [-0.15, -0.1) is 0 Å². The average molecular weight is 390 g/mol. The third kappa shape index (κ3) is 6.04. The summed E-state index contributed by atoms with van der Waals surface area (Å²) in [5, 5.41) is 3.34. The van der Waals surface area contributed by atoms with E-state index in [1.807, 2.05) is 36.4 Å². The Morgan fingerprint density at radius 1 is 1.07 bits per heavy atom. The van der Waals surface area contributed by atoms with Crippen LogP contribution in [0.5, 0.6) is 5.75 Å². The highest BCUT2D eigenvalue weighted by Gasteiger charge is 2.13. The molecule has 0 saturated heterocycles. The summed E-state index contributed by atoms with van der Waals surface area (Å²) in [6.45, 7) is 1.40. The molecule has 1 aromatic carbocycles. The van der Waals surface area contributed by atoms with Gasteiger partial charge >= 0.3 is 0 Å². The highest BCUT2D eigenvalue weighted by molar-refractivity contribution is 5.92. The summed E-state index contributed by atoms with van der Waals surface area (Å²) in [5.74, 6) is 0.780. The number of methoxy groups -OCH3 is 1. The maximum atomic E-state index is 12.6. The van der Waals surface area contributed by atoms with E-state index in [0.717, 1.165) is 36.4 Å². The van der Waals surface area contributed by atoms with Crippen molar-refractivity contribution in [2.24, 2.45) is 0 Å². The van der Waals surface area contributed by atoms with Crippen LogP contribution in [0.15, 0.2) is 67.1 Å². The molecular weight excluding hydrogens is 364 g/mol. The SMILES string of the molecule is COc1cccc(CCNc2ccc(C(=O)N(C)CCc3ccncc3)nc2)c1. The zero-order chi connectivity index (χ0) is 20.5. The number of likely N-dealkylation sites (N-methyl/N-ethyl adjacent to an activating group) is 1. The Bertz CT molecular complexity index is 914. The lowest BCUT2D eigenvalue weighted by atomic mass is 10.1. The number of hydrogen-bond donors (Lipinski definition) is 1. The van der Waals surface area contributed by atoms with Crippen LogP contribution in [0.4, 0.5) is 5.69 Å². The van der Waals surface area contributed by atoms with Gasteiger partial charge in [-0.05, 0) is 60.4 Å². The second kappa shape index (κ2) is 10.2. The van der Waals surface area contributed by atoms with Crippen LogP contribution in [-0.4, -0.2) is 48.0 Å². The zero-order valence-corrected chi connectivity index (χ0v) is 16.8. The third-order valence-corrected chi connectivity index (χ3v) is 4.69. The molecule has 6 heteroatoms. The van der Waals surface area contributed by atoms with E-state index in [9.17, 15) is 4.79 Å². The molecule has 29 heavy (non-hydrogen) atoms. The monoisotopic (exact) mass is 390 g/mol. The summed E-state index contributed by atoms with van der Waals surface area (Å²) in [6.07, 6.45) is 6.89. The van der Waals surface area contributed by atoms with Crippen molar-refractivity contribution in [3.8, 4) is 5.75 Å². The minimum absolute atomic E-state index is 0.0815. The second-order valence-electron chi connectivity index (χ2n) is 6.79. The summed E-state index contributed by atoms with van der Waals surface area (Å²) >= 11 is 0. The number of pyridine rings is 2. The average Bonchev–Trinajstić information content (AvgIpc) is 2.78. The predicted molar refractivity (Wildman–Crippen MR) is 114 cm³/mol. The summed E-state index contributed by atoms with van der Waals surface area (Å²) in [4.78, 5) is 22.6. The van der Waals surface area contributed by atoms with Gasteiger partial charge in [0.1, 0.15) is 11.4 Å². The Balaban J connectivity index is 1.47. The third-order valence-electron chi connectivity index (χ3n) is 4.69.